The Kier molecular flexibility index (Phi) is 5.05. The number of halogens is 1. The van der Waals surface area contributed by atoms with Crippen molar-refractivity contribution in [1.29, 1.82) is 0 Å². The molecule has 0 saturated carbocycles. The number of benzene rings is 1. The number of esters is 1. The third-order valence-electron chi connectivity index (χ3n) is 2.76. The van der Waals surface area contributed by atoms with Gasteiger partial charge in [0.15, 0.2) is 0 Å². The van der Waals surface area contributed by atoms with Crippen LogP contribution in [0.15, 0.2) is 30.3 Å². The van der Waals surface area contributed by atoms with Gasteiger partial charge in [-0.2, -0.15) is 0 Å². The molecule has 0 aromatic heterocycles. The van der Waals surface area contributed by atoms with Crippen molar-refractivity contribution in [3.05, 3.63) is 35.9 Å². The van der Waals surface area contributed by atoms with Gasteiger partial charge in [0.05, 0.1) is 17.9 Å². The fraction of sp³-hybridized carbons (Fsp3) is 0.500. The van der Waals surface area contributed by atoms with E-state index in [0.29, 0.717) is 0 Å². The van der Waals surface area contributed by atoms with E-state index in [2.05, 4.69) is 4.74 Å². The number of hydrogen-bond donors (Lipinski definition) is 1. The predicted molar refractivity (Wildman–Crippen MR) is 75.2 cm³/mol. The maximum absolute atomic E-state index is 15.1. The SMILES string of the molecule is COC(=O)C(F)(C(O)c1ccccc1)S(=O)C(C)(C)C. The van der Waals surface area contributed by atoms with Crippen molar-refractivity contribution in [2.45, 2.75) is 36.6 Å². The molecule has 4 nitrogen and oxygen atoms in total. The lowest BCUT2D eigenvalue weighted by molar-refractivity contribution is -0.154. The number of carbonyl (C=O) groups is 1. The molecular weight excluding hydrogens is 283 g/mol. The zero-order valence-electron chi connectivity index (χ0n) is 11.9. The van der Waals surface area contributed by atoms with Crippen molar-refractivity contribution in [3.8, 4) is 0 Å². The van der Waals surface area contributed by atoms with Crippen LogP contribution >= 0.6 is 0 Å². The van der Waals surface area contributed by atoms with Crippen LogP contribution in [0.5, 0.6) is 0 Å². The Morgan fingerprint density at radius 2 is 1.80 bits per heavy atom. The summed E-state index contributed by atoms with van der Waals surface area (Å²) in [6, 6.07) is 7.80. The van der Waals surface area contributed by atoms with Crippen molar-refractivity contribution in [2.24, 2.45) is 0 Å². The number of rotatable bonds is 4. The van der Waals surface area contributed by atoms with Gasteiger partial charge in [0.1, 0.15) is 6.10 Å². The molecular formula is C14H19FO4S. The van der Waals surface area contributed by atoms with Crippen molar-refractivity contribution in [3.63, 3.8) is 0 Å². The summed E-state index contributed by atoms with van der Waals surface area (Å²) in [5.74, 6) is -1.35. The van der Waals surface area contributed by atoms with Crippen LogP contribution in [0.4, 0.5) is 4.39 Å². The van der Waals surface area contributed by atoms with Gasteiger partial charge in [0, 0.05) is 4.75 Å². The molecule has 1 N–H and O–H groups in total. The Hall–Kier alpha value is -1.27. The Balaban J connectivity index is 3.33. The standard InChI is InChI=1S/C14H19FO4S/c1-13(2,3)20(18)14(15,12(17)19-4)11(16)10-8-6-5-7-9-10/h5-9,11,16H,1-4H3. The monoisotopic (exact) mass is 302 g/mol. The average molecular weight is 302 g/mol. The third-order valence-corrected chi connectivity index (χ3v) is 4.80. The molecule has 0 aliphatic heterocycles. The number of alkyl halides is 1. The molecule has 0 aliphatic carbocycles. The van der Waals surface area contributed by atoms with Gasteiger partial charge in [0.2, 0.25) is 0 Å². The quantitative estimate of drug-likeness (QED) is 0.865. The first-order valence-corrected chi connectivity index (χ1v) is 7.23. The molecule has 0 aliphatic rings. The normalized spacial score (nSPS) is 17.9. The maximum Gasteiger partial charge on any atom is 0.360 e. The van der Waals surface area contributed by atoms with E-state index in [4.69, 9.17) is 0 Å². The van der Waals surface area contributed by atoms with Crippen LogP contribution in [0.2, 0.25) is 0 Å². The van der Waals surface area contributed by atoms with Gasteiger partial charge in [-0.25, -0.2) is 9.18 Å². The zero-order chi connectivity index (χ0) is 15.6. The highest BCUT2D eigenvalue weighted by atomic mass is 32.2. The Bertz CT molecular complexity index is 498. The first-order chi connectivity index (χ1) is 9.15. The van der Waals surface area contributed by atoms with Crippen LogP contribution in [-0.4, -0.2) is 32.1 Å². The molecule has 0 bridgehead atoms. The molecule has 0 fully saturated rings. The first kappa shape index (κ1) is 16.8. The lowest BCUT2D eigenvalue weighted by atomic mass is 10.1. The number of aliphatic hydroxyl groups excluding tert-OH is 1. The Labute approximate surface area is 120 Å². The van der Waals surface area contributed by atoms with Crippen LogP contribution < -0.4 is 0 Å². The summed E-state index contributed by atoms with van der Waals surface area (Å²) in [7, 11) is -1.30. The highest BCUT2D eigenvalue weighted by molar-refractivity contribution is 7.88. The molecule has 0 spiro atoms. The lowest BCUT2D eigenvalue weighted by Gasteiger charge is -2.32. The Morgan fingerprint density at radius 1 is 1.30 bits per heavy atom. The summed E-state index contributed by atoms with van der Waals surface area (Å²) in [4.78, 5) is 11.8. The minimum absolute atomic E-state index is 0.165. The number of aliphatic hydroxyl groups is 1. The number of ether oxygens (including phenoxy) is 1. The minimum Gasteiger partial charge on any atom is -0.466 e. The van der Waals surface area contributed by atoms with Gasteiger partial charge in [-0.1, -0.05) is 30.3 Å². The second kappa shape index (κ2) is 6.01. The molecule has 1 aromatic carbocycles. The van der Waals surface area contributed by atoms with E-state index in [0.717, 1.165) is 7.11 Å². The van der Waals surface area contributed by atoms with Crippen molar-refractivity contribution in [2.75, 3.05) is 7.11 Å². The van der Waals surface area contributed by atoms with Crippen LogP contribution in [0.1, 0.15) is 32.4 Å². The smallest absolute Gasteiger partial charge is 0.360 e. The molecule has 6 heteroatoms. The second-order valence-corrected chi connectivity index (χ2v) is 7.69. The minimum atomic E-state index is -3.02. The van der Waals surface area contributed by atoms with Gasteiger partial charge in [-0.3, -0.25) is 4.21 Å². The van der Waals surface area contributed by atoms with E-state index < -0.39 is 32.6 Å². The fourth-order valence-corrected chi connectivity index (χ4v) is 3.19. The summed E-state index contributed by atoms with van der Waals surface area (Å²) in [6.07, 6.45) is -1.86. The summed E-state index contributed by atoms with van der Waals surface area (Å²) in [6.45, 7) is 4.58. The molecule has 0 heterocycles. The van der Waals surface area contributed by atoms with Crippen LogP contribution in [-0.2, 0) is 20.3 Å². The average Bonchev–Trinajstić information content (AvgIpc) is 2.43. The molecule has 20 heavy (non-hydrogen) atoms. The zero-order valence-corrected chi connectivity index (χ0v) is 12.7. The van der Waals surface area contributed by atoms with E-state index in [-0.39, 0.29) is 5.56 Å². The van der Waals surface area contributed by atoms with Gasteiger partial charge in [0.25, 0.3) is 0 Å². The predicted octanol–water partition coefficient (Wildman–Crippen LogP) is 2.11. The van der Waals surface area contributed by atoms with E-state index in [1.807, 2.05) is 0 Å². The molecule has 3 unspecified atom stereocenters. The summed E-state index contributed by atoms with van der Waals surface area (Å²) in [5, 5.41) is 7.19. The maximum atomic E-state index is 15.1. The number of hydrogen-bond acceptors (Lipinski definition) is 4. The third kappa shape index (κ3) is 3.07. The molecule has 1 aromatic rings. The van der Waals surface area contributed by atoms with Crippen LogP contribution in [0.25, 0.3) is 0 Å². The van der Waals surface area contributed by atoms with E-state index >= 15 is 4.39 Å². The van der Waals surface area contributed by atoms with Gasteiger partial charge in [-0.15, -0.1) is 0 Å². The first-order valence-electron chi connectivity index (χ1n) is 6.08. The molecule has 1 rings (SSSR count). The van der Waals surface area contributed by atoms with E-state index in [1.54, 1.807) is 18.2 Å². The lowest BCUT2D eigenvalue weighted by Crippen LogP contribution is -2.50. The second-order valence-electron chi connectivity index (χ2n) is 5.33. The van der Waals surface area contributed by atoms with E-state index in [9.17, 15) is 14.1 Å². The Morgan fingerprint density at radius 3 is 2.20 bits per heavy atom. The number of methoxy groups -OCH3 is 1. The van der Waals surface area contributed by atoms with Crippen LogP contribution in [0.3, 0.4) is 0 Å². The van der Waals surface area contributed by atoms with Gasteiger partial charge >= 0.3 is 11.0 Å². The fourth-order valence-electron chi connectivity index (χ4n) is 1.72. The van der Waals surface area contributed by atoms with E-state index in [1.165, 1.54) is 32.9 Å². The summed E-state index contributed by atoms with van der Waals surface area (Å²) < 4.78 is 30.9. The highest BCUT2D eigenvalue weighted by Crippen LogP contribution is 2.38. The number of carbonyl (C=O) groups excluding carboxylic acids is 1. The molecule has 0 saturated heterocycles. The van der Waals surface area contributed by atoms with Crippen molar-refractivity contribution in [1.82, 2.24) is 0 Å². The molecule has 112 valence electrons. The topological polar surface area (TPSA) is 63.6 Å². The molecule has 0 amide bonds. The summed E-state index contributed by atoms with van der Waals surface area (Å²) in [5.41, 5.74) is 0.165. The molecule has 3 atom stereocenters. The highest BCUT2D eigenvalue weighted by Gasteiger charge is 2.56. The van der Waals surface area contributed by atoms with Crippen molar-refractivity contribution < 1.29 is 23.2 Å². The van der Waals surface area contributed by atoms with Crippen LogP contribution in [0, 0.1) is 0 Å². The van der Waals surface area contributed by atoms with Gasteiger partial charge < -0.3 is 9.84 Å². The van der Waals surface area contributed by atoms with Crippen molar-refractivity contribution >= 4 is 16.8 Å². The van der Waals surface area contributed by atoms with Gasteiger partial charge in [-0.05, 0) is 26.3 Å². The largest absolute Gasteiger partial charge is 0.466 e. The summed E-state index contributed by atoms with van der Waals surface area (Å²) >= 11 is 0. The molecule has 0 radical (unpaired) electrons.